The number of amides is 2. The lowest BCUT2D eigenvalue weighted by molar-refractivity contribution is -0.142. The quantitative estimate of drug-likeness (QED) is 0.719. The molecule has 0 radical (unpaired) electrons. The van der Waals surface area contributed by atoms with Crippen molar-refractivity contribution in [3.05, 3.63) is 0 Å². The zero-order valence-electron chi connectivity index (χ0n) is 12.6. The van der Waals surface area contributed by atoms with Gasteiger partial charge in [-0.15, -0.1) is 0 Å². The minimum absolute atomic E-state index is 0.167. The molecule has 6 nitrogen and oxygen atoms in total. The van der Waals surface area contributed by atoms with Crippen molar-refractivity contribution in [1.29, 1.82) is 0 Å². The van der Waals surface area contributed by atoms with Crippen molar-refractivity contribution in [2.24, 2.45) is 17.8 Å². The van der Waals surface area contributed by atoms with Crippen LogP contribution in [0.2, 0.25) is 0 Å². The molecule has 3 N–H and O–H groups in total. The van der Waals surface area contributed by atoms with Crippen molar-refractivity contribution in [3.63, 3.8) is 0 Å². The van der Waals surface area contributed by atoms with Crippen LogP contribution in [-0.2, 0) is 9.53 Å². The van der Waals surface area contributed by atoms with E-state index in [1.165, 1.54) is 25.7 Å². The van der Waals surface area contributed by atoms with E-state index in [2.05, 4.69) is 17.6 Å². The summed E-state index contributed by atoms with van der Waals surface area (Å²) in [6.07, 6.45) is 6.12. The summed E-state index contributed by atoms with van der Waals surface area (Å²) in [4.78, 5) is 22.8. The smallest absolute Gasteiger partial charge is 0.315 e. The summed E-state index contributed by atoms with van der Waals surface area (Å²) in [5, 5.41) is 14.5. The van der Waals surface area contributed by atoms with Gasteiger partial charge in [0.1, 0.15) is 5.92 Å². The monoisotopic (exact) mass is 298 g/mol. The second-order valence-corrected chi connectivity index (χ2v) is 6.42. The Kier molecular flexibility index (Phi) is 5.85. The maximum absolute atomic E-state index is 11.8. The van der Waals surface area contributed by atoms with Gasteiger partial charge in [0, 0.05) is 6.54 Å². The summed E-state index contributed by atoms with van der Waals surface area (Å²) in [6, 6.07) is -0.724. The molecule has 0 spiro atoms. The van der Waals surface area contributed by atoms with Gasteiger partial charge in [-0.3, -0.25) is 4.79 Å². The second kappa shape index (κ2) is 7.64. The molecule has 0 aromatic carbocycles. The molecule has 0 bridgehead atoms. The first-order valence-corrected chi connectivity index (χ1v) is 7.91. The Hall–Kier alpha value is -1.30. The van der Waals surface area contributed by atoms with Gasteiger partial charge in [-0.1, -0.05) is 26.2 Å². The number of carboxylic acids is 1. The van der Waals surface area contributed by atoms with Gasteiger partial charge in [-0.25, -0.2) is 4.79 Å². The molecule has 2 amide bonds. The lowest BCUT2D eigenvalue weighted by atomic mass is 9.81. The van der Waals surface area contributed by atoms with Gasteiger partial charge in [0.2, 0.25) is 0 Å². The molecule has 4 atom stereocenters. The lowest BCUT2D eigenvalue weighted by Gasteiger charge is -2.26. The van der Waals surface area contributed by atoms with Gasteiger partial charge in [-0.05, 0) is 24.7 Å². The number of carboxylic acid groups (broad SMARTS) is 1. The van der Waals surface area contributed by atoms with Crippen LogP contribution in [-0.4, -0.2) is 42.9 Å². The fraction of sp³-hybridized carbons (Fsp3) is 0.867. The predicted octanol–water partition coefficient (Wildman–Crippen LogP) is 1.60. The standard InChI is InChI=1S/C15H26N2O4/c1-10-3-2-4-11(7-10)5-6-16-15(20)17-13-9-21-8-12(13)14(18)19/h10-13H,2-9H2,1H3,(H,18,19)(H2,16,17,20). The molecule has 1 saturated carbocycles. The maximum Gasteiger partial charge on any atom is 0.315 e. The molecule has 1 aliphatic heterocycles. The van der Waals surface area contributed by atoms with Crippen molar-refractivity contribution in [2.75, 3.05) is 19.8 Å². The first kappa shape index (κ1) is 16.1. The molecule has 120 valence electrons. The molecule has 4 unspecified atom stereocenters. The highest BCUT2D eigenvalue weighted by Crippen LogP contribution is 2.30. The normalized spacial score (nSPS) is 32.6. The Morgan fingerprint density at radius 2 is 2.10 bits per heavy atom. The molecule has 2 rings (SSSR count). The van der Waals surface area contributed by atoms with E-state index in [9.17, 15) is 9.59 Å². The fourth-order valence-electron chi connectivity index (χ4n) is 3.37. The van der Waals surface area contributed by atoms with E-state index in [4.69, 9.17) is 9.84 Å². The Morgan fingerprint density at radius 3 is 2.81 bits per heavy atom. The van der Waals surface area contributed by atoms with E-state index in [0.717, 1.165) is 12.3 Å². The molecule has 21 heavy (non-hydrogen) atoms. The summed E-state index contributed by atoms with van der Waals surface area (Å²) >= 11 is 0. The molecule has 0 aromatic heterocycles. The molecule has 2 fully saturated rings. The zero-order valence-corrected chi connectivity index (χ0v) is 12.6. The number of hydrogen-bond acceptors (Lipinski definition) is 3. The Labute approximate surface area is 125 Å². The molecule has 6 heteroatoms. The Balaban J connectivity index is 1.64. The van der Waals surface area contributed by atoms with Crippen LogP contribution in [0.1, 0.15) is 39.0 Å². The highest BCUT2D eigenvalue weighted by atomic mass is 16.5. The molecular formula is C15H26N2O4. The number of ether oxygens (including phenoxy) is 1. The number of carbonyl (C=O) groups excluding carboxylic acids is 1. The molecule has 1 heterocycles. The zero-order chi connectivity index (χ0) is 15.2. The van der Waals surface area contributed by atoms with E-state index in [0.29, 0.717) is 12.5 Å². The van der Waals surface area contributed by atoms with Gasteiger partial charge < -0.3 is 20.5 Å². The summed E-state index contributed by atoms with van der Waals surface area (Å²) in [7, 11) is 0. The summed E-state index contributed by atoms with van der Waals surface area (Å²) in [6.45, 7) is 3.37. The van der Waals surface area contributed by atoms with Crippen LogP contribution in [0.4, 0.5) is 4.79 Å². The van der Waals surface area contributed by atoms with E-state index >= 15 is 0 Å². The number of rotatable bonds is 5. The summed E-state index contributed by atoms with van der Waals surface area (Å²) in [5.74, 6) is -0.0656. The molecular weight excluding hydrogens is 272 g/mol. The second-order valence-electron chi connectivity index (χ2n) is 6.42. The van der Waals surface area contributed by atoms with Crippen molar-refractivity contribution >= 4 is 12.0 Å². The van der Waals surface area contributed by atoms with Gasteiger partial charge in [0.05, 0.1) is 19.3 Å². The third-order valence-corrected chi connectivity index (χ3v) is 4.60. The molecule has 1 aliphatic carbocycles. The number of nitrogens with one attached hydrogen (secondary N) is 2. The topological polar surface area (TPSA) is 87.7 Å². The largest absolute Gasteiger partial charge is 0.481 e. The van der Waals surface area contributed by atoms with Gasteiger partial charge in [-0.2, -0.15) is 0 Å². The average Bonchev–Trinajstić information content (AvgIpc) is 2.87. The third-order valence-electron chi connectivity index (χ3n) is 4.60. The van der Waals surface area contributed by atoms with Crippen LogP contribution in [0.25, 0.3) is 0 Å². The van der Waals surface area contributed by atoms with Crippen LogP contribution >= 0.6 is 0 Å². The number of carbonyl (C=O) groups is 2. The first-order valence-electron chi connectivity index (χ1n) is 7.91. The third kappa shape index (κ3) is 4.88. The van der Waals surface area contributed by atoms with E-state index in [1.54, 1.807) is 0 Å². The fourth-order valence-corrected chi connectivity index (χ4v) is 3.37. The number of urea groups is 1. The Bertz CT molecular complexity index is 375. The SMILES string of the molecule is CC1CCCC(CCNC(=O)NC2COCC2C(=O)O)C1. The highest BCUT2D eigenvalue weighted by molar-refractivity contribution is 5.77. The summed E-state index contributed by atoms with van der Waals surface area (Å²) in [5.41, 5.74) is 0. The van der Waals surface area contributed by atoms with Crippen molar-refractivity contribution in [2.45, 2.75) is 45.1 Å². The van der Waals surface area contributed by atoms with Gasteiger partial charge in [0.25, 0.3) is 0 Å². The van der Waals surface area contributed by atoms with Crippen LogP contribution in [0.15, 0.2) is 0 Å². The van der Waals surface area contributed by atoms with Crippen LogP contribution in [0, 0.1) is 17.8 Å². The van der Waals surface area contributed by atoms with Crippen LogP contribution in [0.5, 0.6) is 0 Å². The summed E-state index contributed by atoms with van der Waals surface area (Å²) < 4.78 is 5.12. The Morgan fingerprint density at radius 1 is 1.29 bits per heavy atom. The van der Waals surface area contributed by atoms with Crippen LogP contribution in [0.3, 0.4) is 0 Å². The highest BCUT2D eigenvalue weighted by Gasteiger charge is 2.35. The molecule has 1 saturated heterocycles. The van der Waals surface area contributed by atoms with Crippen molar-refractivity contribution < 1.29 is 19.4 Å². The van der Waals surface area contributed by atoms with E-state index in [1.807, 2.05) is 0 Å². The van der Waals surface area contributed by atoms with Gasteiger partial charge >= 0.3 is 12.0 Å². The number of aliphatic carboxylic acids is 1. The average molecular weight is 298 g/mol. The predicted molar refractivity (Wildman–Crippen MR) is 78.0 cm³/mol. The number of hydrogen-bond donors (Lipinski definition) is 3. The molecule has 2 aliphatic rings. The van der Waals surface area contributed by atoms with E-state index < -0.39 is 17.9 Å². The minimum Gasteiger partial charge on any atom is -0.481 e. The maximum atomic E-state index is 11.8. The van der Waals surface area contributed by atoms with Gasteiger partial charge in [0.15, 0.2) is 0 Å². The minimum atomic E-state index is -0.922. The molecule has 0 aromatic rings. The van der Waals surface area contributed by atoms with Crippen molar-refractivity contribution in [3.8, 4) is 0 Å². The van der Waals surface area contributed by atoms with Crippen molar-refractivity contribution in [1.82, 2.24) is 10.6 Å². The van der Waals surface area contributed by atoms with Crippen LogP contribution < -0.4 is 10.6 Å². The van der Waals surface area contributed by atoms with E-state index in [-0.39, 0.29) is 19.2 Å². The first-order chi connectivity index (χ1) is 10.1. The lowest BCUT2D eigenvalue weighted by Crippen LogP contribution is -2.47.